The number of hydrogen-bond acceptors (Lipinski definition) is 6. The number of carbonyl (C=O) groups is 3. The van der Waals surface area contributed by atoms with E-state index in [0.717, 1.165) is 83.5 Å². The average molecular weight is 1080 g/mol. The van der Waals surface area contributed by atoms with Crippen LogP contribution in [0.15, 0.2) is 72.9 Å². The van der Waals surface area contributed by atoms with Crippen molar-refractivity contribution in [3.8, 4) is 0 Å². The molecule has 0 saturated carbocycles. The first-order valence-corrected chi connectivity index (χ1v) is 33.4. The summed E-state index contributed by atoms with van der Waals surface area (Å²) in [4.78, 5) is 38.1. The zero-order valence-corrected chi connectivity index (χ0v) is 51.2. The molecule has 6 nitrogen and oxygen atoms in total. The van der Waals surface area contributed by atoms with Crippen LogP contribution in [0, 0.1) is 0 Å². The minimum absolute atomic E-state index is 0.0752. The lowest BCUT2D eigenvalue weighted by Crippen LogP contribution is -2.30. The number of esters is 3. The van der Waals surface area contributed by atoms with Gasteiger partial charge in [-0.15, -0.1) is 0 Å². The van der Waals surface area contributed by atoms with Crippen LogP contribution in [0.4, 0.5) is 0 Å². The smallest absolute Gasteiger partial charge is 0.306 e. The van der Waals surface area contributed by atoms with Gasteiger partial charge in [0, 0.05) is 19.3 Å². The third kappa shape index (κ3) is 63.6. The van der Waals surface area contributed by atoms with Crippen LogP contribution in [0.3, 0.4) is 0 Å². The minimum Gasteiger partial charge on any atom is -0.462 e. The van der Waals surface area contributed by atoms with Crippen molar-refractivity contribution in [2.75, 3.05) is 13.2 Å². The SMILES string of the molecule is CCCCCCC/C=C\C/C=C\C/C=C\CCCCCCCCCCCCCCC(=O)OCC(COC(=O)CCCCCCCCC)OC(=O)CCCCCCCCCCCC/C=C\C/C=C\C/C=C\CCCCCCC. The van der Waals surface area contributed by atoms with Crippen molar-refractivity contribution in [1.29, 1.82) is 0 Å². The van der Waals surface area contributed by atoms with E-state index in [2.05, 4.69) is 93.7 Å². The molecule has 77 heavy (non-hydrogen) atoms. The van der Waals surface area contributed by atoms with Crippen molar-refractivity contribution >= 4 is 17.9 Å². The molecule has 0 saturated heterocycles. The fourth-order valence-corrected chi connectivity index (χ4v) is 9.64. The molecular weight excluding hydrogens is 949 g/mol. The molecule has 0 aromatic heterocycles. The summed E-state index contributed by atoms with van der Waals surface area (Å²) in [6.07, 6.45) is 85.1. The van der Waals surface area contributed by atoms with E-state index in [1.165, 1.54) is 218 Å². The van der Waals surface area contributed by atoms with Crippen LogP contribution < -0.4 is 0 Å². The number of hydrogen-bond donors (Lipinski definition) is 0. The van der Waals surface area contributed by atoms with Crippen LogP contribution >= 0.6 is 0 Å². The summed E-state index contributed by atoms with van der Waals surface area (Å²) in [5.41, 5.74) is 0. The highest BCUT2D eigenvalue weighted by molar-refractivity contribution is 5.71. The van der Waals surface area contributed by atoms with Crippen LogP contribution in [0.5, 0.6) is 0 Å². The van der Waals surface area contributed by atoms with E-state index >= 15 is 0 Å². The quantitative estimate of drug-likeness (QED) is 0.0261. The second-order valence-electron chi connectivity index (χ2n) is 22.4. The lowest BCUT2D eigenvalue weighted by Gasteiger charge is -2.18. The molecule has 0 aliphatic heterocycles. The van der Waals surface area contributed by atoms with Crippen LogP contribution in [-0.4, -0.2) is 37.2 Å². The predicted molar refractivity (Wildman–Crippen MR) is 335 cm³/mol. The molecule has 0 aliphatic carbocycles. The molecule has 0 aromatic carbocycles. The van der Waals surface area contributed by atoms with Gasteiger partial charge in [0.05, 0.1) is 0 Å². The molecular formula is C71H126O6. The topological polar surface area (TPSA) is 78.9 Å². The molecule has 0 aromatic rings. The first-order valence-electron chi connectivity index (χ1n) is 33.4. The van der Waals surface area contributed by atoms with E-state index in [4.69, 9.17) is 14.2 Å². The number of unbranched alkanes of at least 4 members (excludes halogenated alkanes) is 38. The molecule has 0 radical (unpaired) electrons. The average Bonchev–Trinajstić information content (AvgIpc) is 3.43. The van der Waals surface area contributed by atoms with Gasteiger partial charge in [0.15, 0.2) is 6.10 Å². The highest BCUT2D eigenvalue weighted by Crippen LogP contribution is 2.17. The normalized spacial score (nSPS) is 12.5. The van der Waals surface area contributed by atoms with E-state index in [-0.39, 0.29) is 31.1 Å². The summed E-state index contributed by atoms with van der Waals surface area (Å²) in [6.45, 7) is 6.61. The van der Waals surface area contributed by atoms with Crippen molar-refractivity contribution in [2.24, 2.45) is 0 Å². The Morgan fingerprint density at radius 1 is 0.260 bits per heavy atom. The third-order valence-corrected chi connectivity index (χ3v) is 14.7. The van der Waals surface area contributed by atoms with Crippen molar-refractivity contribution in [1.82, 2.24) is 0 Å². The predicted octanol–water partition coefficient (Wildman–Crippen LogP) is 22.9. The van der Waals surface area contributed by atoms with Gasteiger partial charge in [-0.2, -0.15) is 0 Å². The molecule has 0 heterocycles. The molecule has 0 rings (SSSR count). The molecule has 1 unspecified atom stereocenters. The van der Waals surface area contributed by atoms with Crippen LogP contribution in [0.2, 0.25) is 0 Å². The summed E-state index contributed by atoms with van der Waals surface area (Å²) < 4.78 is 16.9. The summed E-state index contributed by atoms with van der Waals surface area (Å²) in [5, 5.41) is 0. The zero-order chi connectivity index (χ0) is 55.7. The van der Waals surface area contributed by atoms with E-state index in [0.29, 0.717) is 19.3 Å². The van der Waals surface area contributed by atoms with Gasteiger partial charge < -0.3 is 14.2 Å². The van der Waals surface area contributed by atoms with Crippen LogP contribution in [-0.2, 0) is 28.6 Å². The van der Waals surface area contributed by atoms with Crippen LogP contribution in [0.25, 0.3) is 0 Å². The molecule has 0 spiro atoms. The molecule has 1 atom stereocenters. The minimum atomic E-state index is -0.776. The Balaban J connectivity index is 4.12. The van der Waals surface area contributed by atoms with E-state index < -0.39 is 6.10 Å². The Bertz CT molecular complexity index is 1420. The Morgan fingerprint density at radius 2 is 0.468 bits per heavy atom. The molecule has 0 fully saturated rings. The third-order valence-electron chi connectivity index (χ3n) is 14.7. The van der Waals surface area contributed by atoms with Gasteiger partial charge in [-0.3, -0.25) is 14.4 Å². The fourth-order valence-electron chi connectivity index (χ4n) is 9.64. The zero-order valence-electron chi connectivity index (χ0n) is 51.2. The Hall–Kier alpha value is -3.15. The summed E-state index contributed by atoms with van der Waals surface area (Å²) in [6, 6.07) is 0. The Labute approximate surface area is 478 Å². The summed E-state index contributed by atoms with van der Waals surface area (Å²) in [5.74, 6) is -0.873. The van der Waals surface area contributed by atoms with Gasteiger partial charge in [0.1, 0.15) is 13.2 Å². The van der Waals surface area contributed by atoms with Crippen molar-refractivity contribution in [2.45, 2.75) is 348 Å². The standard InChI is InChI=1S/C71H126O6/c1-4-7-10-13-16-18-20-22-24-26-28-30-32-34-35-37-38-40-42-44-46-48-50-52-55-58-61-64-70(73)76-67-68(66-75-69(72)63-60-57-54-15-12-9-6-3)77-71(74)65-62-59-56-53-51-49-47-45-43-41-39-36-33-31-29-27-25-23-21-19-17-14-11-8-5-2/h20-23,26-29,32-34,36,68H,4-19,24-25,30-31,35,37-67H2,1-3H3/b22-20-,23-21-,28-26-,29-27-,34-32-,36-33-. The second-order valence-corrected chi connectivity index (χ2v) is 22.4. The molecule has 0 N–H and O–H groups in total. The summed E-state index contributed by atoms with van der Waals surface area (Å²) >= 11 is 0. The van der Waals surface area contributed by atoms with Crippen molar-refractivity contribution < 1.29 is 28.6 Å². The maximum atomic E-state index is 12.9. The number of allylic oxidation sites excluding steroid dienone is 12. The van der Waals surface area contributed by atoms with Crippen LogP contribution in [0.1, 0.15) is 342 Å². The van der Waals surface area contributed by atoms with Gasteiger partial charge in [-0.1, -0.05) is 299 Å². The lowest BCUT2D eigenvalue weighted by molar-refractivity contribution is -0.167. The highest BCUT2D eigenvalue weighted by atomic mass is 16.6. The van der Waals surface area contributed by atoms with Crippen molar-refractivity contribution in [3.63, 3.8) is 0 Å². The Kier molecular flexibility index (Phi) is 62.7. The molecule has 0 amide bonds. The maximum Gasteiger partial charge on any atom is 0.306 e. The molecule has 6 heteroatoms. The van der Waals surface area contributed by atoms with Gasteiger partial charge in [-0.05, 0) is 96.3 Å². The van der Waals surface area contributed by atoms with Gasteiger partial charge in [0.25, 0.3) is 0 Å². The first kappa shape index (κ1) is 73.8. The molecule has 446 valence electrons. The van der Waals surface area contributed by atoms with Crippen molar-refractivity contribution in [3.05, 3.63) is 72.9 Å². The van der Waals surface area contributed by atoms with Gasteiger partial charge >= 0.3 is 17.9 Å². The van der Waals surface area contributed by atoms with E-state index in [1.807, 2.05) is 0 Å². The number of rotatable bonds is 61. The molecule has 0 bridgehead atoms. The second kappa shape index (κ2) is 65.4. The van der Waals surface area contributed by atoms with Gasteiger partial charge in [-0.25, -0.2) is 0 Å². The fraction of sp³-hybridized carbons (Fsp3) is 0.789. The first-order chi connectivity index (χ1) is 38.0. The van der Waals surface area contributed by atoms with Gasteiger partial charge in [0.2, 0.25) is 0 Å². The highest BCUT2D eigenvalue weighted by Gasteiger charge is 2.19. The monoisotopic (exact) mass is 1070 g/mol. The molecule has 0 aliphatic rings. The Morgan fingerprint density at radius 3 is 0.727 bits per heavy atom. The van der Waals surface area contributed by atoms with E-state index in [9.17, 15) is 14.4 Å². The van der Waals surface area contributed by atoms with E-state index in [1.54, 1.807) is 0 Å². The maximum absolute atomic E-state index is 12.9. The number of carbonyl (C=O) groups excluding carboxylic acids is 3. The lowest BCUT2D eigenvalue weighted by atomic mass is 10.0. The summed E-state index contributed by atoms with van der Waals surface area (Å²) in [7, 11) is 0. The number of ether oxygens (including phenoxy) is 3. The largest absolute Gasteiger partial charge is 0.462 e.